The largest absolute Gasteiger partial charge is 0.695 e. The molecule has 0 bridgehead atoms. The van der Waals surface area contributed by atoms with Gasteiger partial charge in [0.2, 0.25) is 5.91 Å². The Balaban J connectivity index is 2.11. The second kappa shape index (κ2) is 12.6. The van der Waals surface area contributed by atoms with Gasteiger partial charge in [-0.1, -0.05) is 13.3 Å². The van der Waals surface area contributed by atoms with Crippen LogP contribution in [0, 0.1) is 0 Å². The van der Waals surface area contributed by atoms with Crippen molar-refractivity contribution in [3.8, 4) is 0 Å². The average Bonchev–Trinajstić information content (AvgIpc) is 2.91. The standard InChI is InChI=1S/C19H33ClFN2O7PS/c1-4-6-19(21)7-5-11(22-9-8-19)17(26)23-12(10(2)20)15-13(24)14(25)16(30-31(27)28)18(29-15)32-3/h10-16,18,22,24-25H,4-9H2,1-3H3,(H-,23,26,27,28)/p+1. The van der Waals surface area contributed by atoms with Gasteiger partial charge in [-0.15, -0.1) is 32.8 Å². The number of hydrogen-bond acceptors (Lipinski definition) is 8. The Labute approximate surface area is 198 Å². The van der Waals surface area contributed by atoms with Crippen LogP contribution in [0.3, 0.4) is 0 Å². The van der Waals surface area contributed by atoms with E-state index in [4.69, 9.17) is 25.8 Å². The number of halogens is 2. The lowest BCUT2D eigenvalue weighted by Gasteiger charge is -2.43. The van der Waals surface area contributed by atoms with Crippen LogP contribution in [0.2, 0.25) is 0 Å². The summed E-state index contributed by atoms with van der Waals surface area (Å²) in [4.78, 5) is 22.0. The van der Waals surface area contributed by atoms with E-state index < -0.39 is 67.1 Å². The quantitative estimate of drug-likeness (QED) is 0.227. The number of hydrogen-bond donors (Lipinski definition) is 5. The minimum absolute atomic E-state index is 0.265. The highest BCUT2D eigenvalue weighted by molar-refractivity contribution is 7.99. The summed E-state index contributed by atoms with van der Waals surface area (Å²) in [6.45, 7) is 3.91. The predicted octanol–water partition coefficient (Wildman–Crippen LogP) is 1.59. The van der Waals surface area contributed by atoms with Gasteiger partial charge in [0.05, 0.1) is 17.5 Å². The number of aliphatic hydroxyl groups is 2. The first kappa shape index (κ1) is 28.1. The van der Waals surface area contributed by atoms with E-state index in [9.17, 15) is 24.0 Å². The van der Waals surface area contributed by atoms with E-state index in [0.717, 1.165) is 18.2 Å². The van der Waals surface area contributed by atoms with E-state index in [2.05, 4.69) is 10.6 Å². The number of thioether (sulfide) groups is 1. The molecule has 0 saturated carbocycles. The summed E-state index contributed by atoms with van der Waals surface area (Å²) in [6.07, 6.45) is -1.67. The number of nitrogens with one attached hydrogen (secondary N) is 2. The minimum Gasteiger partial charge on any atom is -0.388 e. The molecule has 5 N–H and O–H groups in total. The molecular formula is C19H34ClFN2O7PS+. The summed E-state index contributed by atoms with van der Waals surface area (Å²) in [5.74, 6) is -0.397. The Bertz CT molecular complexity index is 653. The Morgan fingerprint density at radius 2 is 2.12 bits per heavy atom. The van der Waals surface area contributed by atoms with Gasteiger partial charge in [-0.2, -0.15) is 0 Å². The Morgan fingerprint density at radius 3 is 2.69 bits per heavy atom. The summed E-state index contributed by atoms with van der Waals surface area (Å²) in [6, 6.07) is -1.51. The molecule has 0 aromatic heterocycles. The molecule has 10 unspecified atom stereocenters. The van der Waals surface area contributed by atoms with Crippen LogP contribution in [0.5, 0.6) is 0 Å². The van der Waals surface area contributed by atoms with Crippen molar-refractivity contribution in [3.05, 3.63) is 0 Å². The zero-order chi connectivity index (χ0) is 24.1. The van der Waals surface area contributed by atoms with E-state index in [1.54, 1.807) is 13.2 Å². The molecule has 0 aromatic rings. The Kier molecular flexibility index (Phi) is 11.0. The van der Waals surface area contributed by atoms with Crippen molar-refractivity contribution in [1.82, 2.24) is 10.6 Å². The van der Waals surface area contributed by atoms with Crippen molar-refractivity contribution in [2.45, 2.75) is 98.9 Å². The minimum atomic E-state index is -3.03. The predicted molar refractivity (Wildman–Crippen MR) is 121 cm³/mol. The summed E-state index contributed by atoms with van der Waals surface area (Å²) in [7, 11) is -3.03. The van der Waals surface area contributed by atoms with Crippen molar-refractivity contribution < 1.29 is 38.1 Å². The third-order valence-corrected chi connectivity index (χ3v) is 7.58. The van der Waals surface area contributed by atoms with E-state index >= 15 is 0 Å². The van der Waals surface area contributed by atoms with E-state index in [-0.39, 0.29) is 6.42 Å². The number of alkyl halides is 2. The van der Waals surface area contributed by atoms with Crippen molar-refractivity contribution in [3.63, 3.8) is 0 Å². The summed E-state index contributed by atoms with van der Waals surface area (Å²) in [5.41, 5.74) is -2.17. The number of amides is 1. The first-order valence-corrected chi connectivity index (χ1v) is 13.6. The first-order chi connectivity index (χ1) is 15.0. The molecule has 2 saturated heterocycles. The molecule has 2 fully saturated rings. The smallest absolute Gasteiger partial charge is 0.388 e. The fourth-order valence-corrected chi connectivity index (χ4v) is 5.77. The molecule has 0 spiro atoms. The first-order valence-electron chi connectivity index (χ1n) is 10.8. The third-order valence-electron chi connectivity index (χ3n) is 6.04. The number of rotatable bonds is 9. The van der Waals surface area contributed by atoms with Crippen molar-refractivity contribution >= 4 is 37.5 Å². The molecule has 13 heteroatoms. The molecule has 9 nitrogen and oxygen atoms in total. The third kappa shape index (κ3) is 7.20. The normalized spacial score (nSPS) is 38.4. The monoisotopic (exact) mass is 519 g/mol. The van der Waals surface area contributed by atoms with Gasteiger partial charge in [0, 0.05) is 4.57 Å². The zero-order valence-electron chi connectivity index (χ0n) is 18.4. The van der Waals surface area contributed by atoms with Gasteiger partial charge in [0.1, 0.15) is 29.4 Å². The zero-order valence-corrected chi connectivity index (χ0v) is 20.9. The van der Waals surface area contributed by atoms with Gasteiger partial charge in [-0.3, -0.25) is 4.79 Å². The maximum atomic E-state index is 14.9. The molecule has 2 aliphatic rings. The summed E-state index contributed by atoms with van der Waals surface area (Å²) in [5, 5.41) is 26.3. The molecule has 0 aliphatic carbocycles. The molecular weight excluding hydrogens is 486 g/mol. The molecule has 2 heterocycles. The highest BCUT2D eigenvalue weighted by Crippen LogP contribution is 2.36. The molecule has 0 aromatic carbocycles. The molecule has 1 amide bonds. The molecule has 0 radical (unpaired) electrons. The van der Waals surface area contributed by atoms with Gasteiger partial charge in [-0.25, -0.2) is 4.39 Å². The van der Waals surface area contributed by atoms with Crippen LogP contribution in [-0.4, -0.2) is 86.8 Å². The molecule has 186 valence electrons. The maximum Gasteiger partial charge on any atom is 0.695 e. The van der Waals surface area contributed by atoms with Gasteiger partial charge in [0.25, 0.3) is 0 Å². The van der Waals surface area contributed by atoms with Gasteiger partial charge >= 0.3 is 8.25 Å². The van der Waals surface area contributed by atoms with Crippen LogP contribution in [0.15, 0.2) is 0 Å². The summed E-state index contributed by atoms with van der Waals surface area (Å²) >= 11 is 7.43. The van der Waals surface area contributed by atoms with Crippen LogP contribution in [0.25, 0.3) is 0 Å². The van der Waals surface area contributed by atoms with Crippen LogP contribution in [0.1, 0.15) is 46.0 Å². The second-order valence-corrected chi connectivity index (χ2v) is 10.7. The lowest BCUT2D eigenvalue weighted by atomic mass is 9.90. The van der Waals surface area contributed by atoms with E-state index in [0.29, 0.717) is 25.8 Å². The fourth-order valence-electron chi connectivity index (χ4n) is 4.31. The highest BCUT2D eigenvalue weighted by Gasteiger charge is 2.52. The number of ether oxygens (including phenoxy) is 1. The van der Waals surface area contributed by atoms with Crippen LogP contribution in [-0.2, 0) is 18.6 Å². The van der Waals surface area contributed by atoms with Gasteiger partial charge in [0.15, 0.2) is 6.10 Å². The van der Waals surface area contributed by atoms with Gasteiger partial charge in [-0.05, 0) is 45.4 Å². The SMILES string of the molecule is CCCC1(F)CCNC(C(=O)NC(C(C)Cl)C2OC(SC)C(O[P+](=O)O)C(O)C2O)CC1. The second-order valence-electron chi connectivity index (χ2n) is 8.40. The molecule has 10 atom stereocenters. The van der Waals surface area contributed by atoms with E-state index in [1.165, 1.54) is 0 Å². The maximum absolute atomic E-state index is 14.9. The van der Waals surface area contributed by atoms with E-state index in [1.807, 2.05) is 6.92 Å². The van der Waals surface area contributed by atoms with Gasteiger partial charge < -0.3 is 25.6 Å². The van der Waals surface area contributed by atoms with Crippen LogP contribution < -0.4 is 10.6 Å². The number of aliphatic hydroxyl groups excluding tert-OH is 2. The van der Waals surface area contributed by atoms with Crippen molar-refractivity contribution in [2.24, 2.45) is 0 Å². The Hall–Kier alpha value is -0.100. The lowest BCUT2D eigenvalue weighted by molar-refractivity contribution is -0.199. The van der Waals surface area contributed by atoms with Crippen molar-refractivity contribution in [2.75, 3.05) is 12.8 Å². The molecule has 2 aliphatic heterocycles. The fraction of sp³-hybridized carbons (Fsp3) is 0.947. The van der Waals surface area contributed by atoms with Crippen LogP contribution >= 0.6 is 31.6 Å². The molecule has 32 heavy (non-hydrogen) atoms. The van der Waals surface area contributed by atoms with Crippen LogP contribution in [0.4, 0.5) is 4.39 Å². The average molecular weight is 520 g/mol. The Morgan fingerprint density at radius 1 is 1.44 bits per heavy atom. The lowest BCUT2D eigenvalue weighted by Crippen LogP contribution is -2.65. The number of carbonyl (C=O) groups excluding carboxylic acids is 1. The molecule has 2 rings (SSSR count). The highest BCUT2D eigenvalue weighted by atomic mass is 35.5. The van der Waals surface area contributed by atoms with Crippen molar-refractivity contribution in [1.29, 1.82) is 0 Å². The number of carbonyl (C=O) groups is 1. The summed E-state index contributed by atoms with van der Waals surface area (Å²) < 4.78 is 36.7. The topological polar surface area (TPSA) is 137 Å².